The second-order valence-corrected chi connectivity index (χ2v) is 11.2. The summed E-state index contributed by atoms with van der Waals surface area (Å²) in [5, 5.41) is 6.99. The van der Waals surface area contributed by atoms with Crippen LogP contribution in [0, 0.1) is 0 Å². The van der Waals surface area contributed by atoms with Crippen molar-refractivity contribution >= 4 is 11.8 Å². The van der Waals surface area contributed by atoms with Crippen LogP contribution in [0.4, 0.5) is 0 Å². The number of hydrogen-bond acceptors (Lipinski definition) is 3. The smallest absolute Gasteiger partial charge is 0.0403 e. The molecule has 25 heavy (non-hydrogen) atoms. The quantitative estimate of drug-likeness (QED) is 0.567. The number of thioether (sulfide) groups is 1. The monoisotopic (exact) mass is 364 g/mol. The molecule has 0 aliphatic heterocycles. The van der Waals surface area contributed by atoms with Gasteiger partial charge in [-0.3, -0.25) is 0 Å². The number of hydrogen-bond donors (Lipinski definition) is 2. The topological polar surface area (TPSA) is 24.1 Å². The average Bonchev–Trinajstić information content (AvgIpc) is 2.54. The molecule has 0 spiro atoms. The maximum Gasteiger partial charge on any atom is 0.0403 e. The molecule has 1 aromatic rings. The average molecular weight is 365 g/mol. The molecule has 144 valence electrons. The van der Waals surface area contributed by atoms with Crippen LogP contribution in [0.5, 0.6) is 0 Å². The van der Waals surface area contributed by atoms with E-state index < -0.39 is 0 Å². The Bertz CT molecular complexity index is 526. The van der Waals surface area contributed by atoms with Crippen LogP contribution in [0.25, 0.3) is 0 Å². The van der Waals surface area contributed by atoms with Crippen LogP contribution in [-0.2, 0) is 4.75 Å². The lowest BCUT2D eigenvalue weighted by atomic mass is 9.86. The highest BCUT2D eigenvalue weighted by Gasteiger charge is 2.41. The molecule has 1 aromatic carbocycles. The molecule has 2 N–H and O–H groups in total. The van der Waals surface area contributed by atoms with Gasteiger partial charge in [0.25, 0.3) is 0 Å². The lowest BCUT2D eigenvalue weighted by Crippen LogP contribution is -2.46. The summed E-state index contributed by atoms with van der Waals surface area (Å²) in [6, 6.07) is 11.0. The van der Waals surface area contributed by atoms with Crippen LogP contribution in [0.1, 0.15) is 73.3 Å². The van der Waals surface area contributed by atoms with Crippen LogP contribution in [-0.4, -0.2) is 29.9 Å². The highest BCUT2D eigenvalue weighted by molar-refractivity contribution is 8.01. The predicted molar refractivity (Wildman–Crippen MR) is 116 cm³/mol. The molecular weight excluding hydrogens is 324 g/mol. The number of nitrogens with one attached hydrogen (secondary N) is 2. The highest BCUT2D eigenvalue weighted by atomic mass is 32.2. The first-order chi connectivity index (χ1) is 11.4. The lowest BCUT2D eigenvalue weighted by molar-refractivity contribution is 0.330. The molecule has 0 aliphatic carbocycles. The SMILES string of the molecule is CCC(C)(CC(C)(C)NC)SC(C)(CC(C)(C)NC)c1ccccc1. The van der Waals surface area contributed by atoms with E-state index in [1.807, 2.05) is 0 Å². The van der Waals surface area contributed by atoms with Gasteiger partial charge >= 0.3 is 0 Å². The van der Waals surface area contributed by atoms with Crippen LogP contribution in [0.15, 0.2) is 30.3 Å². The number of benzene rings is 1. The molecule has 0 fully saturated rings. The van der Waals surface area contributed by atoms with Gasteiger partial charge in [-0.1, -0.05) is 44.2 Å². The zero-order valence-electron chi connectivity index (χ0n) is 17.9. The van der Waals surface area contributed by atoms with Crippen molar-refractivity contribution in [2.45, 2.75) is 88.3 Å². The van der Waals surface area contributed by atoms with Crippen LogP contribution >= 0.6 is 11.8 Å². The Morgan fingerprint density at radius 3 is 1.72 bits per heavy atom. The Hall–Kier alpha value is -0.510. The summed E-state index contributed by atoms with van der Waals surface area (Å²) in [7, 11) is 4.14. The van der Waals surface area contributed by atoms with Gasteiger partial charge in [-0.15, -0.1) is 11.8 Å². The molecule has 0 aliphatic rings. The number of rotatable bonds is 10. The second kappa shape index (κ2) is 8.45. The fourth-order valence-corrected chi connectivity index (χ4v) is 6.07. The zero-order valence-corrected chi connectivity index (χ0v) is 18.7. The first kappa shape index (κ1) is 22.5. The molecule has 2 nitrogen and oxygen atoms in total. The molecule has 0 saturated heterocycles. The molecular formula is C22H40N2S. The molecule has 3 heteroatoms. The third kappa shape index (κ3) is 6.62. The maximum absolute atomic E-state index is 3.50. The van der Waals surface area contributed by atoms with Gasteiger partial charge in [-0.2, -0.15) is 0 Å². The summed E-state index contributed by atoms with van der Waals surface area (Å²) in [6.07, 6.45) is 3.38. The maximum atomic E-state index is 3.50. The summed E-state index contributed by atoms with van der Waals surface area (Å²) in [6.45, 7) is 16.4. The van der Waals surface area contributed by atoms with Gasteiger partial charge < -0.3 is 10.6 Å². The van der Waals surface area contributed by atoms with E-state index in [1.165, 1.54) is 5.56 Å². The van der Waals surface area contributed by atoms with Crippen molar-refractivity contribution in [3.63, 3.8) is 0 Å². The molecule has 1 rings (SSSR count). The van der Waals surface area contributed by atoms with E-state index in [-0.39, 0.29) is 20.6 Å². The minimum atomic E-state index is 0.0579. The Morgan fingerprint density at radius 2 is 1.28 bits per heavy atom. The Labute approximate surface area is 160 Å². The van der Waals surface area contributed by atoms with Crippen LogP contribution in [0.3, 0.4) is 0 Å². The van der Waals surface area contributed by atoms with Crippen molar-refractivity contribution in [1.82, 2.24) is 10.6 Å². The molecule has 0 aromatic heterocycles. The molecule has 0 amide bonds. The fraction of sp³-hybridized carbons (Fsp3) is 0.727. The second-order valence-electron chi connectivity index (χ2n) is 9.12. The van der Waals surface area contributed by atoms with Gasteiger partial charge in [0.15, 0.2) is 0 Å². The van der Waals surface area contributed by atoms with Gasteiger partial charge in [0.2, 0.25) is 0 Å². The zero-order chi connectivity index (χ0) is 19.4. The minimum absolute atomic E-state index is 0.0579. The standard InChI is InChI=1S/C22H40N2S/c1-10-21(6,16-19(2,3)23-8)25-22(7,17-20(4,5)24-9)18-14-12-11-13-15-18/h11-15,23-24H,10,16-17H2,1-9H3. The molecule has 2 unspecified atom stereocenters. The Balaban J connectivity index is 3.23. The summed E-state index contributed by atoms with van der Waals surface area (Å²) in [5.41, 5.74) is 1.64. The largest absolute Gasteiger partial charge is 0.315 e. The molecule has 0 saturated carbocycles. The van der Waals surface area contributed by atoms with E-state index in [2.05, 4.69) is 115 Å². The lowest BCUT2D eigenvalue weighted by Gasteiger charge is -2.45. The van der Waals surface area contributed by atoms with E-state index in [9.17, 15) is 0 Å². The van der Waals surface area contributed by atoms with Crippen LogP contribution in [0.2, 0.25) is 0 Å². The first-order valence-corrected chi connectivity index (χ1v) is 10.4. The van der Waals surface area contributed by atoms with Gasteiger partial charge in [-0.05, 0) is 73.5 Å². The Kier molecular flexibility index (Phi) is 7.62. The van der Waals surface area contributed by atoms with Crippen molar-refractivity contribution in [2.24, 2.45) is 0 Å². The Morgan fingerprint density at radius 1 is 0.800 bits per heavy atom. The van der Waals surface area contributed by atoms with E-state index in [1.54, 1.807) is 0 Å². The van der Waals surface area contributed by atoms with E-state index in [0.717, 1.165) is 19.3 Å². The first-order valence-electron chi connectivity index (χ1n) is 9.54. The summed E-state index contributed by atoms with van der Waals surface area (Å²) in [4.78, 5) is 0. The summed E-state index contributed by atoms with van der Waals surface area (Å²) < 4.78 is 0.267. The normalized spacial score (nSPS) is 17.8. The van der Waals surface area contributed by atoms with Crippen molar-refractivity contribution in [3.05, 3.63) is 35.9 Å². The molecule has 2 atom stereocenters. The van der Waals surface area contributed by atoms with Crippen molar-refractivity contribution < 1.29 is 0 Å². The van der Waals surface area contributed by atoms with Gasteiger partial charge in [0.05, 0.1) is 0 Å². The third-order valence-corrected chi connectivity index (χ3v) is 7.31. The molecule has 0 radical (unpaired) electrons. The third-order valence-electron chi connectivity index (χ3n) is 5.55. The fourth-order valence-electron chi connectivity index (χ4n) is 3.72. The predicted octanol–water partition coefficient (Wildman–Crippen LogP) is 5.58. The highest BCUT2D eigenvalue weighted by Crippen LogP contribution is 2.51. The van der Waals surface area contributed by atoms with E-state index in [4.69, 9.17) is 0 Å². The minimum Gasteiger partial charge on any atom is -0.315 e. The van der Waals surface area contributed by atoms with Crippen molar-refractivity contribution in [3.8, 4) is 0 Å². The van der Waals surface area contributed by atoms with E-state index in [0.29, 0.717) is 0 Å². The summed E-state index contributed by atoms with van der Waals surface area (Å²) in [5.74, 6) is 0. The summed E-state index contributed by atoms with van der Waals surface area (Å²) >= 11 is 2.15. The molecule has 0 bridgehead atoms. The van der Waals surface area contributed by atoms with Gasteiger partial charge in [0.1, 0.15) is 0 Å². The van der Waals surface area contributed by atoms with Crippen LogP contribution < -0.4 is 10.6 Å². The van der Waals surface area contributed by atoms with Gasteiger partial charge in [0, 0.05) is 20.6 Å². The van der Waals surface area contributed by atoms with Gasteiger partial charge in [-0.25, -0.2) is 0 Å². The van der Waals surface area contributed by atoms with Crippen molar-refractivity contribution in [1.29, 1.82) is 0 Å². The van der Waals surface area contributed by atoms with E-state index >= 15 is 0 Å². The van der Waals surface area contributed by atoms with Crippen molar-refractivity contribution in [2.75, 3.05) is 14.1 Å². The molecule has 0 heterocycles.